The monoisotopic (exact) mass is 234 g/mol. The van der Waals surface area contributed by atoms with E-state index in [1.54, 1.807) is 0 Å². The number of rotatable bonds is 5. The van der Waals surface area contributed by atoms with Crippen LogP contribution < -0.4 is 0 Å². The molecule has 0 heterocycles. The van der Waals surface area contributed by atoms with Gasteiger partial charge in [-0.2, -0.15) is 0 Å². The Morgan fingerprint density at radius 2 is 2.12 bits per heavy atom. The van der Waals surface area contributed by atoms with E-state index in [1.165, 1.54) is 12.5 Å². The first-order valence-electron chi connectivity index (χ1n) is 6.04. The lowest BCUT2D eigenvalue weighted by molar-refractivity contribution is -0.190. The fraction of sp³-hybridized carbons (Fsp3) is 0.500. The largest absolute Gasteiger partial charge is 0.433 e. The molecule has 1 aromatic rings. The van der Waals surface area contributed by atoms with Crippen molar-refractivity contribution in [3.8, 4) is 0 Å². The van der Waals surface area contributed by atoms with Crippen LogP contribution in [0.25, 0.3) is 0 Å². The molecule has 0 unspecified atom stereocenters. The van der Waals surface area contributed by atoms with Gasteiger partial charge in [0, 0.05) is 25.9 Å². The summed E-state index contributed by atoms with van der Waals surface area (Å²) in [5.41, 5.74) is 1.26. The Morgan fingerprint density at radius 1 is 1.41 bits per heavy atom. The standard InChI is InChI=1S/C14H18O3/c1-3-16-14(17-11(2)15)10-13(14)9-12-7-5-4-6-8-12/h4-8,13H,3,9-10H2,1-2H3/t13-,14-/m0/s1. The summed E-state index contributed by atoms with van der Waals surface area (Å²) in [5, 5.41) is 0. The number of esters is 1. The molecule has 1 saturated carbocycles. The van der Waals surface area contributed by atoms with Gasteiger partial charge in [0.05, 0.1) is 0 Å². The number of carbonyl (C=O) groups is 1. The highest BCUT2D eigenvalue weighted by atomic mass is 16.7. The third kappa shape index (κ3) is 2.86. The van der Waals surface area contributed by atoms with E-state index >= 15 is 0 Å². The first-order chi connectivity index (χ1) is 8.16. The van der Waals surface area contributed by atoms with Crippen molar-refractivity contribution < 1.29 is 14.3 Å². The van der Waals surface area contributed by atoms with Crippen molar-refractivity contribution in [3.63, 3.8) is 0 Å². The fourth-order valence-electron chi connectivity index (χ4n) is 2.23. The van der Waals surface area contributed by atoms with Crippen LogP contribution in [0.2, 0.25) is 0 Å². The van der Waals surface area contributed by atoms with Gasteiger partial charge >= 0.3 is 5.97 Å². The van der Waals surface area contributed by atoms with Crippen molar-refractivity contribution in [1.29, 1.82) is 0 Å². The highest BCUT2D eigenvalue weighted by Gasteiger charge is 2.58. The maximum Gasteiger partial charge on any atom is 0.305 e. The summed E-state index contributed by atoms with van der Waals surface area (Å²) in [6.07, 6.45) is 1.70. The maximum atomic E-state index is 11.1. The van der Waals surface area contributed by atoms with Crippen LogP contribution in [-0.2, 0) is 20.7 Å². The zero-order valence-electron chi connectivity index (χ0n) is 10.3. The molecule has 2 atom stereocenters. The van der Waals surface area contributed by atoms with Crippen LogP contribution in [0.3, 0.4) is 0 Å². The summed E-state index contributed by atoms with van der Waals surface area (Å²) in [6, 6.07) is 10.2. The van der Waals surface area contributed by atoms with Crippen molar-refractivity contribution in [1.82, 2.24) is 0 Å². The topological polar surface area (TPSA) is 35.5 Å². The molecule has 0 bridgehead atoms. The predicted molar refractivity (Wildman–Crippen MR) is 64.4 cm³/mol. The van der Waals surface area contributed by atoms with Gasteiger partial charge in [-0.05, 0) is 18.9 Å². The van der Waals surface area contributed by atoms with Crippen LogP contribution in [0.1, 0.15) is 25.8 Å². The van der Waals surface area contributed by atoms with E-state index in [9.17, 15) is 4.79 Å². The van der Waals surface area contributed by atoms with Crippen LogP contribution >= 0.6 is 0 Å². The Morgan fingerprint density at radius 3 is 2.71 bits per heavy atom. The minimum atomic E-state index is -0.656. The SMILES string of the molecule is CCO[C@]1(OC(C)=O)C[C@@H]1Cc1ccccc1. The fourth-order valence-corrected chi connectivity index (χ4v) is 2.23. The Hall–Kier alpha value is -1.35. The minimum Gasteiger partial charge on any atom is -0.433 e. The Labute approximate surface area is 102 Å². The molecule has 2 rings (SSSR count). The van der Waals surface area contributed by atoms with Crippen molar-refractivity contribution >= 4 is 5.97 Å². The van der Waals surface area contributed by atoms with Crippen LogP contribution in [0.15, 0.2) is 30.3 Å². The predicted octanol–water partition coefficient (Wildman–Crippen LogP) is 2.54. The highest BCUT2D eigenvalue weighted by molar-refractivity contribution is 5.66. The van der Waals surface area contributed by atoms with E-state index in [-0.39, 0.29) is 11.9 Å². The molecule has 0 N–H and O–H groups in total. The molecule has 17 heavy (non-hydrogen) atoms. The van der Waals surface area contributed by atoms with Gasteiger partial charge in [-0.3, -0.25) is 4.79 Å². The average molecular weight is 234 g/mol. The zero-order valence-corrected chi connectivity index (χ0v) is 10.3. The molecular weight excluding hydrogens is 216 g/mol. The van der Waals surface area contributed by atoms with Crippen LogP contribution in [0.5, 0.6) is 0 Å². The number of hydrogen-bond donors (Lipinski definition) is 0. The van der Waals surface area contributed by atoms with Crippen molar-refractivity contribution in [2.45, 2.75) is 32.5 Å². The number of ether oxygens (including phenoxy) is 2. The number of carbonyl (C=O) groups excluding carboxylic acids is 1. The molecular formula is C14H18O3. The maximum absolute atomic E-state index is 11.1. The average Bonchev–Trinajstić information content (AvgIpc) is 2.91. The van der Waals surface area contributed by atoms with Gasteiger partial charge in [0.15, 0.2) is 0 Å². The van der Waals surface area contributed by atoms with Gasteiger partial charge in [-0.1, -0.05) is 30.3 Å². The van der Waals surface area contributed by atoms with Gasteiger partial charge < -0.3 is 9.47 Å². The molecule has 0 amide bonds. The molecule has 1 fully saturated rings. The molecule has 92 valence electrons. The molecule has 0 aliphatic heterocycles. The van der Waals surface area contributed by atoms with Gasteiger partial charge in [0.1, 0.15) is 0 Å². The second-order valence-electron chi connectivity index (χ2n) is 4.43. The Kier molecular flexibility index (Phi) is 3.48. The van der Waals surface area contributed by atoms with Crippen molar-refractivity contribution in [2.75, 3.05) is 6.61 Å². The van der Waals surface area contributed by atoms with Crippen molar-refractivity contribution in [2.24, 2.45) is 5.92 Å². The molecule has 0 spiro atoms. The zero-order chi connectivity index (χ0) is 12.3. The van der Waals surface area contributed by atoms with Gasteiger partial charge in [0.25, 0.3) is 0 Å². The van der Waals surface area contributed by atoms with Crippen LogP contribution in [0, 0.1) is 5.92 Å². The van der Waals surface area contributed by atoms with E-state index in [4.69, 9.17) is 9.47 Å². The first kappa shape index (κ1) is 12.1. The summed E-state index contributed by atoms with van der Waals surface area (Å²) < 4.78 is 10.9. The first-order valence-corrected chi connectivity index (χ1v) is 6.04. The lowest BCUT2D eigenvalue weighted by Gasteiger charge is -2.17. The molecule has 1 aromatic carbocycles. The molecule has 0 aromatic heterocycles. The third-order valence-corrected chi connectivity index (χ3v) is 3.02. The smallest absolute Gasteiger partial charge is 0.305 e. The quantitative estimate of drug-likeness (QED) is 0.580. The molecule has 0 saturated heterocycles. The Bertz CT molecular complexity index is 388. The van der Waals surface area contributed by atoms with Gasteiger partial charge in [0.2, 0.25) is 5.79 Å². The summed E-state index contributed by atoms with van der Waals surface area (Å²) in [7, 11) is 0. The molecule has 1 aliphatic rings. The van der Waals surface area contributed by atoms with E-state index in [0.29, 0.717) is 6.61 Å². The Balaban J connectivity index is 1.98. The van der Waals surface area contributed by atoms with E-state index in [1.807, 2.05) is 25.1 Å². The number of hydrogen-bond acceptors (Lipinski definition) is 3. The van der Waals surface area contributed by atoms with Crippen LogP contribution in [0.4, 0.5) is 0 Å². The minimum absolute atomic E-state index is 0.269. The molecule has 3 nitrogen and oxygen atoms in total. The lowest BCUT2D eigenvalue weighted by Crippen LogP contribution is -2.25. The summed E-state index contributed by atoms with van der Waals surface area (Å²) in [6.45, 7) is 3.92. The summed E-state index contributed by atoms with van der Waals surface area (Å²) >= 11 is 0. The van der Waals surface area contributed by atoms with E-state index in [0.717, 1.165) is 12.8 Å². The summed E-state index contributed by atoms with van der Waals surface area (Å²) in [5.74, 6) is -0.640. The van der Waals surface area contributed by atoms with Crippen molar-refractivity contribution in [3.05, 3.63) is 35.9 Å². The molecule has 0 radical (unpaired) electrons. The second-order valence-corrected chi connectivity index (χ2v) is 4.43. The van der Waals surface area contributed by atoms with E-state index < -0.39 is 5.79 Å². The third-order valence-electron chi connectivity index (χ3n) is 3.02. The summed E-state index contributed by atoms with van der Waals surface area (Å²) in [4.78, 5) is 11.1. The second kappa shape index (κ2) is 4.88. The van der Waals surface area contributed by atoms with E-state index in [2.05, 4.69) is 12.1 Å². The molecule has 1 aliphatic carbocycles. The normalized spacial score (nSPS) is 26.6. The lowest BCUT2D eigenvalue weighted by atomic mass is 10.1. The van der Waals surface area contributed by atoms with Gasteiger partial charge in [-0.25, -0.2) is 0 Å². The van der Waals surface area contributed by atoms with Gasteiger partial charge in [-0.15, -0.1) is 0 Å². The number of benzene rings is 1. The van der Waals surface area contributed by atoms with Crippen LogP contribution in [-0.4, -0.2) is 18.4 Å². The highest BCUT2D eigenvalue weighted by Crippen LogP contribution is 2.49. The molecule has 3 heteroatoms.